The van der Waals surface area contributed by atoms with Crippen LogP contribution in [0.5, 0.6) is 0 Å². The molecule has 3 rings (SSSR count). The van der Waals surface area contributed by atoms with Crippen molar-refractivity contribution < 1.29 is 28.8 Å². The van der Waals surface area contributed by atoms with Gasteiger partial charge in [0, 0.05) is 19.6 Å². The Balaban J connectivity index is 1.80. The van der Waals surface area contributed by atoms with Gasteiger partial charge in [-0.2, -0.15) is 0 Å². The van der Waals surface area contributed by atoms with E-state index in [4.69, 9.17) is 12.2 Å². The van der Waals surface area contributed by atoms with E-state index in [-0.39, 0.29) is 24.8 Å². The van der Waals surface area contributed by atoms with E-state index in [9.17, 15) is 28.8 Å². The molecule has 0 spiro atoms. The zero-order valence-electron chi connectivity index (χ0n) is 27.0. The van der Waals surface area contributed by atoms with E-state index >= 15 is 0 Å². The third-order valence-corrected chi connectivity index (χ3v) is 8.75. The summed E-state index contributed by atoms with van der Waals surface area (Å²) < 4.78 is 0. The van der Waals surface area contributed by atoms with Gasteiger partial charge in [-0.1, -0.05) is 54.4 Å². The van der Waals surface area contributed by atoms with Crippen LogP contribution in [-0.2, 0) is 24.0 Å². The van der Waals surface area contributed by atoms with Gasteiger partial charge in [0.2, 0.25) is 23.5 Å². The normalized spacial score (nSPS) is 22.7. The number of urea groups is 1. The first-order valence-corrected chi connectivity index (χ1v) is 15.7. The molecular formula is C32H50N6O6. The van der Waals surface area contributed by atoms with Crippen molar-refractivity contribution in [2.75, 3.05) is 19.6 Å². The fourth-order valence-electron chi connectivity index (χ4n) is 5.95. The molecule has 0 aromatic carbocycles. The number of nitrogens with two attached hydrogens (primary N) is 1. The quantitative estimate of drug-likeness (QED) is 0.214. The van der Waals surface area contributed by atoms with E-state index < -0.39 is 70.5 Å². The molecule has 2 saturated heterocycles. The Labute approximate surface area is 261 Å². The van der Waals surface area contributed by atoms with Gasteiger partial charge in [-0.3, -0.25) is 24.0 Å². The van der Waals surface area contributed by atoms with E-state index in [0.29, 0.717) is 19.5 Å². The predicted octanol–water partition coefficient (Wildman–Crippen LogP) is 1.32. The highest BCUT2D eigenvalue weighted by molar-refractivity contribution is 6.37. The minimum absolute atomic E-state index is 0.162. The van der Waals surface area contributed by atoms with Crippen molar-refractivity contribution in [1.29, 1.82) is 0 Å². The summed E-state index contributed by atoms with van der Waals surface area (Å²) >= 11 is 0. The number of ketones is 1. The number of carbonyl (C=O) groups excluding carboxylic acids is 6. The number of primary amides is 1. The van der Waals surface area contributed by atoms with E-state index in [2.05, 4.69) is 21.9 Å². The molecule has 1 saturated carbocycles. The Bertz CT molecular complexity index is 1170. The van der Waals surface area contributed by atoms with Crippen molar-refractivity contribution in [3.8, 4) is 12.3 Å². The molecule has 0 aromatic rings. The highest BCUT2D eigenvalue weighted by Gasteiger charge is 2.47. The second-order valence-electron chi connectivity index (χ2n) is 14.6. The molecule has 3 aliphatic rings. The van der Waals surface area contributed by atoms with Crippen LogP contribution in [0, 0.1) is 35.0 Å². The van der Waals surface area contributed by atoms with Gasteiger partial charge in [-0.05, 0) is 48.9 Å². The molecule has 3 fully saturated rings. The summed E-state index contributed by atoms with van der Waals surface area (Å²) in [5.74, 6) is -1.18. The summed E-state index contributed by atoms with van der Waals surface area (Å²) in [6.45, 7) is 12.4. The zero-order chi connectivity index (χ0) is 33.0. The molecule has 1 aliphatic carbocycles. The Morgan fingerprint density at radius 2 is 1.36 bits per heavy atom. The van der Waals surface area contributed by atoms with Crippen LogP contribution in [0.1, 0.15) is 86.5 Å². The molecule has 5 atom stereocenters. The van der Waals surface area contributed by atoms with Crippen LogP contribution < -0.4 is 21.7 Å². The van der Waals surface area contributed by atoms with Crippen molar-refractivity contribution in [3.05, 3.63) is 0 Å². The second-order valence-corrected chi connectivity index (χ2v) is 14.6. The smallest absolute Gasteiger partial charge is 0.316 e. The van der Waals surface area contributed by atoms with Gasteiger partial charge >= 0.3 is 6.03 Å². The molecular weight excluding hydrogens is 564 g/mol. The Morgan fingerprint density at radius 1 is 0.818 bits per heavy atom. The topological polar surface area (TPSA) is 171 Å². The lowest BCUT2D eigenvalue weighted by Crippen LogP contribution is -2.63. The van der Waals surface area contributed by atoms with Crippen LogP contribution in [0.15, 0.2) is 0 Å². The lowest BCUT2D eigenvalue weighted by atomic mass is 9.84. The van der Waals surface area contributed by atoms with Crippen molar-refractivity contribution in [2.45, 2.75) is 111 Å². The first-order valence-electron chi connectivity index (χ1n) is 15.7. The van der Waals surface area contributed by atoms with Gasteiger partial charge in [0.25, 0.3) is 5.91 Å². The Hall–Kier alpha value is -3.62. The number of Topliss-reactive ketones (excluding diaryl/α,β-unsaturated/α-hetero) is 1. The molecule has 244 valence electrons. The standard InChI is InChI=1S/C32H50N6O6/c1-8-20-14-17-38(22(20)27(41)34-21(18-19-12-13-19)23(39)26(33)40)29(43)25(32(5,6)7)36-30(44)35-24(31(2,3)4)28(42)37-15-10-9-11-16-37/h1,19-22,24-25H,9-18H2,2-7H3,(H2,33,40)(H,34,41)(H2,35,36,44)/t20-,21?,22-,24+,25+/m0/s1. The van der Waals surface area contributed by atoms with E-state index in [1.807, 2.05) is 20.8 Å². The Morgan fingerprint density at radius 3 is 1.84 bits per heavy atom. The summed E-state index contributed by atoms with van der Waals surface area (Å²) in [5.41, 5.74) is 3.86. The lowest BCUT2D eigenvalue weighted by molar-refractivity contribution is -0.144. The maximum atomic E-state index is 14.1. The highest BCUT2D eigenvalue weighted by Crippen LogP contribution is 2.34. The summed E-state index contributed by atoms with van der Waals surface area (Å²) in [7, 11) is 0. The highest BCUT2D eigenvalue weighted by atomic mass is 16.2. The number of amides is 6. The van der Waals surface area contributed by atoms with Crippen molar-refractivity contribution in [2.24, 2.45) is 28.4 Å². The minimum atomic E-state index is -1.14. The van der Waals surface area contributed by atoms with Gasteiger partial charge in [-0.15, -0.1) is 12.3 Å². The average Bonchev–Trinajstić information content (AvgIpc) is 3.66. The summed E-state index contributed by atoms with van der Waals surface area (Å²) in [5, 5.41) is 8.25. The summed E-state index contributed by atoms with van der Waals surface area (Å²) in [6, 6.07) is -4.77. The van der Waals surface area contributed by atoms with Crippen LogP contribution in [0.4, 0.5) is 4.79 Å². The molecule has 0 bridgehead atoms. The third kappa shape index (κ3) is 8.73. The predicted molar refractivity (Wildman–Crippen MR) is 164 cm³/mol. The fourth-order valence-corrected chi connectivity index (χ4v) is 5.95. The molecule has 6 amide bonds. The molecule has 0 aromatic heterocycles. The van der Waals surface area contributed by atoms with Gasteiger partial charge < -0.3 is 31.5 Å². The Kier molecular flexibility index (Phi) is 11.1. The number of terminal acetylenes is 1. The summed E-state index contributed by atoms with van der Waals surface area (Å²) in [4.78, 5) is 81.9. The zero-order valence-corrected chi connectivity index (χ0v) is 27.0. The molecule has 2 heterocycles. The number of hydrogen-bond donors (Lipinski definition) is 4. The molecule has 5 N–H and O–H groups in total. The number of nitrogens with zero attached hydrogens (tertiary/aromatic N) is 2. The largest absolute Gasteiger partial charge is 0.363 e. The number of nitrogens with one attached hydrogen (secondary N) is 3. The first kappa shape index (κ1) is 34.9. The molecule has 1 unspecified atom stereocenters. The molecule has 12 nitrogen and oxygen atoms in total. The van der Waals surface area contributed by atoms with E-state index in [0.717, 1.165) is 32.1 Å². The molecule has 44 heavy (non-hydrogen) atoms. The lowest BCUT2D eigenvalue weighted by Gasteiger charge is -2.38. The van der Waals surface area contributed by atoms with Crippen LogP contribution in [0.3, 0.4) is 0 Å². The molecule has 0 radical (unpaired) electrons. The van der Waals surface area contributed by atoms with Gasteiger partial charge in [-0.25, -0.2) is 4.79 Å². The SMILES string of the molecule is C#C[C@H]1CCN(C(=O)[C@@H](NC(=O)N[C@H](C(=O)N2CCCCC2)C(C)(C)C)C(C)(C)C)[C@@H]1C(=O)NC(CC1CC1)C(=O)C(N)=O. The number of hydrogen-bond acceptors (Lipinski definition) is 6. The van der Waals surface area contributed by atoms with Gasteiger partial charge in [0.1, 0.15) is 18.1 Å². The van der Waals surface area contributed by atoms with Crippen molar-refractivity contribution in [3.63, 3.8) is 0 Å². The van der Waals surface area contributed by atoms with Crippen LogP contribution in [0.25, 0.3) is 0 Å². The van der Waals surface area contributed by atoms with E-state index in [1.165, 1.54) is 4.90 Å². The van der Waals surface area contributed by atoms with Crippen molar-refractivity contribution >= 4 is 35.4 Å². The average molecular weight is 615 g/mol. The van der Waals surface area contributed by atoms with Crippen LogP contribution in [0.2, 0.25) is 0 Å². The van der Waals surface area contributed by atoms with Crippen LogP contribution >= 0.6 is 0 Å². The number of likely N-dealkylation sites (tertiary alicyclic amines) is 2. The molecule has 2 aliphatic heterocycles. The monoisotopic (exact) mass is 614 g/mol. The molecule has 12 heteroatoms. The number of piperidine rings is 1. The van der Waals surface area contributed by atoms with Gasteiger partial charge in [0.05, 0.1) is 12.0 Å². The van der Waals surface area contributed by atoms with Gasteiger partial charge in [0.15, 0.2) is 0 Å². The second kappa shape index (κ2) is 14.0. The maximum absolute atomic E-state index is 14.1. The number of rotatable bonds is 10. The third-order valence-electron chi connectivity index (χ3n) is 8.75. The minimum Gasteiger partial charge on any atom is -0.363 e. The van der Waals surface area contributed by atoms with E-state index in [1.54, 1.807) is 25.7 Å². The number of carbonyl (C=O) groups is 6. The van der Waals surface area contributed by atoms with Crippen LogP contribution in [-0.4, -0.2) is 89.0 Å². The first-order chi connectivity index (χ1) is 20.4. The maximum Gasteiger partial charge on any atom is 0.316 e. The fraction of sp³-hybridized carbons (Fsp3) is 0.750. The van der Waals surface area contributed by atoms with Crippen molar-refractivity contribution in [1.82, 2.24) is 25.8 Å². The summed E-state index contributed by atoms with van der Waals surface area (Å²) in [6.07, 6.45) is 11.1.